The van der Waals surface area contributed by atoms with Gasteiger partial charge in [0, 0.05) is 23.6 Å². The third-order valence-electron chi connectivity index (χ3n) is 3.57. The molecule has 0 aliphatic heterocycles. The van der Waals surface area contributed by atoms with Crippen LogP contribution in [0.25, 0.3) is 0 Å². The molecule has 25 heavy (non-hydrogen) atoms. The molecule has 0 aromatic heterocycles. The van der Waals surface area contributed by atoms with Crippen LogP contribution in [0.1, 0.15) is 29.5 Å². The Labute approximate surface area is 152 Å². The van der Waals surface area contributed by atoms with Crippen LogP contribution < -0.4 is 10.7 Å². The molecule has 0 saturated heterocycles. The molecule has 2 N–H and O–H groups in total. The van der Waals surface area contributed by atoms with Gasteiger partial charge in [0.15, 0.2) is 0 Å². The van der Waals surface area contributed by atoms with E-state index in [4.69, 9.17) is 11.6 Å². The highest BCUT2D eigenvalue weighted by molar-refractivity contribution is 6.31. The van der Waals surface area contributed by atoms with Gasteiger partial charge in [-0.2, -0.15) is 5.10 Å². The molecule has 0 radical (unpaired) electrons. The van der Waals surface area contributed by atoms with E-state index in [0.29, 0.717) is 10.7 Å². The molecule has 0 unspecified atom stereocenters. The lowest BCUT2D eigenvalue weighted by molar-refractivity contribution is -0.124. The highest BCUT2D eigenvalue weighted by atomic mass is 35.5. The number of aryl methyl sites for hydroxylation is 1. The molecule has 0 heterocycles. The van der Waals surface area contributed by atoms with Gasteiger partial charge in [0.05, 0.1) is 6.21 Å². The van der Waals surface area contributed by atoms with Crippen molar-refractivity contribution in [3.63, 3.8) is 0 Å². The number of rotatable bonds is 6. The molecule has 2 amide bonds. The van der Waals surface area contributed by atoms with Crippen molar-refractivity contribution >= 4 is 35.3 Å². The van der Waals surface area contributed by atoms with Crippen molar-refractivity contribution in [2.75, 3.05) is 5.32 Å². The van der Waals surface area contributed by atoms with Crippen LogP contribution in [0.2, 0.25) is 5.02 Å². The van der Waals surface area contributed by atoms with E-state index in [2.05, 4.69) is 15.8 Å². The molecule has 0 spiro atoms. The fourth-order valence-electron chi connectivity index (χ4n) is 2.17. The SMILES string of the molecule is Cc1cccc(/C=N\NC(=O)CCC(=O)Nc2cccc(Cl)c2C)c1. The lowest BCUT2D eigenvalue weighted by atomic mass is 10.2. The minimum Gasteiger partial charge on any atom is -0.326 e. The van der Waals surface area contributed by atoms with Crippen LogP contribution in [0, 0.1) is 13.8 Å². The van der Waals surface area contributed by atoms with Gasteiger partial charge in [-0.25, -0.2) is 5.43 Å². The number of hydrogen-bond acceptors (Lipinski definition) is 3. The molecular formula is C19H20ClN3O2. The lowest BCUT2D eigenvalue weighted by Gasteiger charge is -2.09. The summed E-state index contributed by atoms with van der Waals surface area (Å²) in [4.78, 5) is 23.7. The van der Waals surface area contributed by atoms with Crippen LogP contribution in [0.4, 0.5) is 5.69 Å². The molecule has 6 heteroatoms. The smallest absolute Gasteiger partial charge is 0.240 e. The number of hydrogen-bond donors (Lipinski definition) is 2. The van der Waals surface area contributed by atoms with E-state index in [1.54, 1.807) is 24.4 Å². The van der Waals surface area contributed by atoms with E-state index in [9.17, 15) is 9.59 Å². The van der Waals surface area contributed by atoms with Crippen molar-refractivity contribution < 1.29 is 9.59 Å². The maximum atomic E-state index is 11.9. The van der Waals surface area contributed by atoms with Crippen LogP contribution in [-0.2, 0) is 9.59 Å². The largest absolute Gasteiger partial charge is 0.326 e. The minimum absolute atomic E-state index is 0.0522. The first-order valence-corrected chi connectivity index (χ1v) is 8.27. The van der Waals surface area contributed by atoms with Gasteiger partial charge in [0.2, 0.25) is 11.8 Å². The van der Waals surface area contributed by atoms with Crippen LogP contribution in [0.15, 0.2) is 47.6 Å². The van der Waals surface area contributed by atoms with Crippen LogP contribution >= 0.6 is 11.6 Å². The molecular weight excluding hydrogens is 338 g/mol. The molecule has 0 fully saturated rings. The second kappa shape index (κ2) is 8.99. The van der Waals surface area contributed by atoms with Crippen molar-refractivity contribution in [2.45, 2.75) is 26.7 Å². The number of amides is 2. The quantitative estimate of drug-likeness (QED) is 0.609. The summed E-state index contributed by atoms with van der Waals surface area (Å²) in [6, 6.07) is 13.0. The number of nitrogens with one attached hydrogen (secondary N) is 2. The van der Waals surface area contributed by atoms with Crippen molar-refractivity contribution in [2.24, 2.45) is 5.10 Å². The van der Waals surface area contributed by atoms with Gasteiger partial charge in [-0.3, -0.25) is 9.59 Å². The van der Waals surface area contributed by atoms with Gasteiger partial charge in [0.1, 0.15) is 0 Å². The van der Waals surface area contributed by atoms with E-state index in [-0.39, 0.29) is 24.7 Å². The van der Waals surface area contributed by atoms with Crippen LogP contribution in [0.5, 0.6) is 0 Å². The normalized spacial score (nSPS) is 10.7. The standard InChI is InChI=1S/C19H20ClN3O2/c1-13-5-3-6-15(11-13)12-21-23-19(25)10-9-18(24)22-17-8-4-7-16(20)14(17)2/h3-8,11-12H,9-10H2,1-2H3,(H,22,24)(H,23,25)/b21-12-. The molecule has 0 saturated carbocycles. The Morgan fingerprint density at radius 2 is 1.80 bits per heavy atom. The number of carbonyl (C=O) groups is 2. The first-order chi connectivity index (χ1) is 12.0. The molecule has 130 valence electrons. The van der Waals surface area contributed by atoms with Crippen molar-refractivity contribution in [1.82, 2.24) is 5.43 Å². The zero-order chi connectivity index (χ0) is 18.2. The van der Waals surface area contributed by atoms with Gasteiger partial charge < -0.3 is 5.32 Å². The second-order valence-corrected chi connectivity index (χ2v) is 6.08. The van der Waals surface area contributed by atoms with Crippen LogP contribution in [-0.4, -0.2) is 18.0 Å². The number of nitrogens with zero attached hydrogens (tertiary/aromatic N) is 1. The number of benzene rings is 2. The molecule has 2 aromatic carbocycles. The summed E-state index contributed by atoms with van der Waals surface area (Å²) in [5.41, 5.74) is 5.88. The number of carbonyl (C=O) groups excluding carboxylic acids is 2. The molecule has 5 nitrogen and oxygen atoms in total. The Hall–Kier alpha value is -2.66. The Bertz CT molecular complexity index is 803. The first-order valence-electron chi connectivity index (χ1n) is 7.89. The fraction of sp³-hybridized carbons (Fsp3) is 0.211. The summed E-state index contributed by atoms with van der Waals surface area (Å²) in [6.07, 6.45) is 1.69. The Kier molecular flexibility index (Phi) is 6.71. The number of anilines is 1. The first kappa shape index (κ1) is 18.7. The molecule has 0 bridgehead atoms. The average Bonchev–Trinajstić information content (AvgIpc) is 2.57. The maximum absolute atomic E-state index is 11.9. The van der Waals surface area contributed by atoms with Gasteiger partial charge in [0.25, 0.3) is 0 Å². The Balaban J connectivity index is 1.77. The predicted molar refractivity (Wildman–Crippen MR) is 101 cm³/mol. The van der Waals surface area contributed by atoms with Crippen LogP contribution in [0.3, 0.4) is 0 Å². The molecule has 2 rings (SSSR count). The van der Waals surface area contributed by atoms with Gasteiger partial charge in [-0.1, -0.05) is 47.5 Å². The number of hydrazone groups is 1. The zero-order valence-electron chi connectivity index (χ0n) is 14.2. The molecule has 2 aromatic rings. The highest BCUT2D eigenvalue weighted by Gasteiger charge is 2.09. The topological polar surface area (TPSA) is 70.6 Å². The van der Waals surface area contributed by atoms with Gasteiger partial charge in [-0.15, -0.1) is 0 Å². The van der Waals surface area contributed by atoms with Crippen molar-refractivity contribution in [1.29, 1.82) is 0 Å². The fourth-order valence-corrected chi connectivity index (χ4v) is 2.34. The van der Waals surface area contributed by atoms with Crippen molar-refractivity contribution in [3.8, 4) is 0 Å². The zero-order valence-corrected chi connectivity index (χ0v) is 14.9. The molecule has 0 aliphatic rings. The van der Waals surface area contributed by atoms with E-state index in [1.807, 2.05) is 38.1 Å². The van der Waals surface area contributed by atoms with E-state index in [0.717, 1.165) is 16.7 Å². The monoisotopic (exact) mass is 357 g/mol. The summed E-state index contributed by atoms with van der Waals surface area (Å²) in [6.45, 7) is 3.81. The van der Waals surface area contributed by atoms with E-state index in [1.165, 1.54) is 0 Å². The van der Waals surface area contributed by atoms with Gasteiger partial charge >= 0.3 is 0 Å². The summed E-state index contributed by atoms with van der Waals surface area (Å²) in [5, 5.41) is 7.23. The molecule has 0 aliphatic carbocycles. The lowest BCUT2D eigenvalue weighted by Crippen LogP contribution is -2.20. The summed E-state index contributed by atoms with van der Waals surface area (Å²) >= 11 is 6.01. The second-order valence-electron chi connectivity index (χ2n) is 5.67. The minimum atomic E-state index is -0.318. The van der Waals surface area contributed by atoms with E-state index < -0.39 is 0 Å². The maximum Gasteiger partial charge on any atom is 0.240 e. The summed E-state index contributed by atoms with van der Waals surface area (Å²) in [5.74, 6) is -0.565. The van der Waals surface area contributed by atoms with Gasteiger partial charge in [-0.05, 0) is 37.1 Å². The van der Waals surface area contributed by atoms with E-state index >= 15 is 0 Å². The predicted octanol–water partition coefficient (Wildman–Crippen LogP) is 3.83. The summed E-state index contributed by atoms with van der Waals surface area (Å²) in [7, 11) is 0. The van der Waals surface area contributed by atoms with Crippen molar-refractivity contribution in [3.05, 3.63) is 64.2 Å². The number of halogens is 1. The third kappa shape index (κ3) is 6.04. The highest BCUT2D eigenvalue weighted by Crippen LogP contribution is 2.23. The molecule has 0 atom stereocenters. The third-order valence-corrected chi connectivity index (χ3v) is 3.98. The summed E-state index contributed by atoms with van der Waals surface area (Å²) < 4.78 is 0. The Morgan fingerprint density at radius 3 is 2.56 bits per heavy atom. The Morgan fingerprint density at radius 1 is 1.08 bits per heavy atom. The average molecular weight is 358 g/mol.